The summed E-state index contributed by atoms with van der Waals surface area (Å²) in [4.78, 5) is 24.9. The number of likely N-dealkylation sites (tertiary alicyclic amines) is 1. The molecule has 18 heavy (non-hydrogen) atoms. The van der Waals surface area contributed by atoms with Crippen molar-refractivity contribution in [3.05, 3.63) is 12.2 Å². The Morgan fingerprint density at radius 1 is 1.39 bits per heavy atom. The molecule has 1 heterocycles. The molecule has 0 spiro atoms. The number of piperidine rings is 1. The van der Waals surface area contributed by atoms with Gasteiger partial charge in [-0.05, 0) is 25.7 Å². The van der Waals surface area contributed by atoms with E-state index in [1.807, 2.05) is 12.2 Å². The van der Waals surface area contributed by atoms with Crippen LogP contribution in [0, 0.1) is 5.92 Å². The summed E-state index contributed by atoms with van der Waals surface area (Å²) in [5, 5.41) is 10.3. The van der Waals surface area contributed by atoms with Crippen LogP contribution >= 0.6 is 0 Å². The summed E-state index contributed by atoms with van der Waals surface area (Å²) in [6.07, 6.45) is 6.77. The number of amides is 2. The first kappa shape index (κ1) is 13.1. The normalized spacial score (nSPS) is 28.6. The van der Waals surface area contributed by atoms with E-state index >= 15 is 0 Å². The monoisotopic (exact) mass is 252 g/mol. The minimum Gasteiger partial charge on any atom is -0.388 e. The van der Waals surface area contributed by atoms with E-state index in [-0.39, 0.29) is 24.8 Å². The van der Waals surface area contributed by atoms with E-state index in [0.717, 1.165) is 19.3 Å². The van der Waals surface area contributed by atoms with Gasteiger partial charge in [-0.2, -0.15) is 0 Å². The fourth-order valence-corrected chi connectivity index (χ4v) is 2.85. The van der Waals surface area contributed by atoms with Gasteiger partial charge in [-0.15, -0.1) is 0 Å². The van der Waals surface area contributed by atoms with Crippen molar-refractivity contribution in [1.29, 1.82) is 0 Å². The van der Waals surface area contributed by atoms with E-state index < -0.39 is 11.5 Å². The van der Waals surface area contributed by atoms with Crippen molar-refractivity contribution in [2.45, 2.75) is 37.7 Å². The zero-order valence-corrected chi connectivity index (χ0v) is 10.5. The van der Waals surface area contributed by atoms with Crippen LogP contribution in [0.5, 0.6) is 0 Å². The van der Waals surface area contributed by atoms with E-state index in [1.54, 1.807) is 4.90 Å². The van der Waals surface area contributed by atoms with Gasteiger partial charge in [-0.25, -0.2) is 0 Å². The van der Waals surface area contributed by atoms with Crippen molar-refractivity contribution < 1.29 is 14.7 Å². The van der Waals surface area contributed by atoms with Crippen LogP contribution in [0.3, 0.4) is 0 Å². The van der Waals surface area contributed by atoms with Crippen molar-refractivity contribution >= 4 is 11.8 Å². The molecular formula is C13H20N2O3. The second-order valence-electron chi connectivity index (χ2n) is 5.37. The van der Waals surface area contributed by atoms with Crippen LogP contribution in [-0.2, 0) is 9.59 Å². The number of hydrogen-bond donors (Lipinski definition) is 2. The lowest BCUT2D eigenvalue weighted by Gasteiger charge is -2.39. The molecule has 3 N–H and O–H groups in total. The van der Waals surface area contributed by atoms with Crippen LogP contribution in [0.2, 0.25) is 0 Å². The lowest BCUT2D eigenvalue weighted by Crippen LogP contribution is -2.53. The number of hydrogen-bond acceptors (Lipinski definition) is 3. The van der Waals surface area contributed by atoms with E-state index in [4.69, 9.17) is 5.73 Å². The number of nitrogens with zero attached hydrogens (tertiary/aromatic N) is 1. The number of nitrogens with two attached hydrogens (primary N) is 1. The minimum atomic E-state index is -1.13. The van der Waals surface area contributed by atoms with Gasteiger partial charge < -0.3 is 15.7 Å². The number of rotatable bonds is 3. The first-order valence-corrected chi connectivity index (χ1v) is 6.45. The maximum Gasteiger partial charge on any atom is 0.226 e. The van der Waals surface area contributed by atoms with Gasteiger partial charge in [0.2, 0.25) is 11.8 Å². The summed E-state index contributed by atoms with van der Waals surface area (Å²) in [5.74, 6) is -0.419. The first-order valence-electron chi connectivity index (χ1n) is 6.45. The zero-order valence-electron chi connectivity index (χ0n) is 10.5. The molecule has 5 nitrogen and oxygen atoms in total. The standard InChI is InChI=1S/C13H20N2O3/c14-11(16)8-13(18)6-3-7-15(9-13)12(17)10-4-1-2-5-10/h1-2,10,18H,3-9H2,(H2,14,16). The molecular weight excluding hydrogens is 232 g/mol. The molecule has 1 unspecified atom stereocenters. The fraction of sp³-hybridized carbons (Fsp3) is 0.692. The van der Waals surface area contributed by atoms with Crippen LogP contribution in [-0.4, -0.2) is 40.5 Å². The molecule has 0 saturated carbocycles. The quantitative estimate of drug-likeness (QED) is 0.703. The maximum absolute atomic E-state index is 12.2. The second-order valence-corrected chi connectivity index (χ2v) is 5.37. The Morgan fingerprint density at radius 2 is 2.06 bits per heavy atom. The topological polar surface area (TPSA) is 83.6 Å². The number of primary amides is 1. The molecule has 2 amide bonds. The van der Waals surface area contributed by atoms with Gasteiger partial charge in [-0.1, -0.05) is 12.2 Å². The van der Waals surface area contributed by atoms with E-state index in [2.05, 4.69) is 0 Å². The lowest BCUT2D eigenvalue weighted by molar-refractivity contribution is -0.145. The summed E-state index contributed by atoms with van der Waals surface area (Å²) in [6, 6.07) is 0. The van der Waals surface area contributed by atoms with Gasteiger partial charge in [0.25, 0.3) is 0 Å². The number of allylic oxidation sites excluding steroid dienone is 2. The highest BCUT2D eigenvalue weighted by Gasteiger charge is 2.38. The molecule has 0 aromatic carbocycles. The van der Waals surface area contributed by atoms with Crippen molar-refractivity contribution in [2.24, 2.45) is 11.7 Å². The van der Waals surface area contributed by atoms with Gasteiger partial charge in [0.05, 0.1) is 12.0 Å². The minimum absolute atomic E-state index is 0.0147. The van der Waals surface area contributed by atoms with Crippen molar-refractivity contribution in [2.75, 3.05) is 13.1 Å². The highest BCUT2D eigenvalue weighted by molar-refractivity contribution is 5.80. The second kappa shape index (κ2) is 5.10. The third-order valence-electron chi connectivity index (χ3n) is 3.73. The third-order valence-corrected chi connectivity index (χ3v) is 3.73. The number of aliphatic hydroxyl groups is 1. The van der Waals surface area contributed by atoms with E-state index in [9.17, 15) is 14.7 Å². The molecule has 1 saturated heterocycles. The van der Waals surface area contributed by atoms with Crippen LogP contribution < -0.4 is 5.73 Å². The molecule has 2 rings (SSSR count). The first-order chi connectivity index (χ1) is 8.50. The van der Waals surface area contributed by atoms with Crippen LogP contribution in [0.4, 0.5) is 0 Å². The largest absolute Gasteiger partial charge is 0.388 e. The van der Waals surface area contributed by atoms with Gasteiger partial charge in [0.15, 0.2) is 0 Å². The average Bonchev–Trinajstić information content (AvgIpc) is 2.79. The Morgan fingerprint density at radius 3 is 2.67 bits per heavy atom. The van der Waals surface area contributed by atoms with Gasteiger partial charge in [-0.3, -0.25) is 9.59 Å². The van der Waals surface area contributed by atoms with Gasteiger partial charge in [0, 0.05) is 19.0 Å². The van der Waals surface area contributed by atoms with Crippen LogP contribution in [0.15, 0.2) is 12.2 Å². The smallest absolute Gasteiger partial charge is 0.226 e. The lowest BCUT2D eigenvalue weighted by atomic mass is 9.88. The van der Waals surface area contributed by atoms with Gasteiger partial charge in [0.1, 0.15) is 0 Å². The summed E-state index contributed by atoms with van der Waals surface area (Å²) < 4.78 is 0. The third kappa shape index (κ3) is 2.90. The molecule has 0 aromatic heterocycles. The Hall–Kier alpha value is -1.36. The molecule has 100 valence electrons. The molecule has 0 radical (unpaired) electrons. The average molecular weight is 252 g/mol. The van der Waals surface area contributed by atoms with E-state index in [1.165, 1.54) is 0 Å². The zero-order chi connectivity index (χ0) is 13.2. The van der Waals surface area contributed by atoms with Crippen molar-refractivity contribution in [3.8, 4) is 0 Å². The maximum atomic E-state index is 12.2. The fourth-order valence-electron chi connectivity index (χ4n) is 2.85. The van der Waals surface area contributed by atoms with Gasteiger partial charge >= 0.3 is 0 Å². The molecule has 0 bridgehead atoms. The predicted octanol–water partition coefficient (Wildman–Crippen LogP) is 0.181. The molecule has 0 aromatic rings. The highest BCUT2D eigenvalue weighted by Crippen LogP contribution is 2.28. The summed E-state index contributed by atoms with van der Waals surface area (Å²) in [5.41, 5.74) is 4.01. The molecule has 1 aliphatic carbocycles. The molecule has 1 atom stereocenters. The predicted molar refractivity (Wildman–Crippen MR) is 66.4 cm³/mol. The Labute approximate surface area is 107 Å². The number of carbonyl (C=O) groups is 2. The van der Waals surface area contributed by atoms with Crippen molar-refractivity contribution in [3.63, 3.8) is 0 Å². The Kier molecular flexibility index (Phi) is 3.71. The molecule has 2 aliphatic rings. The SMILES string of the molecule is NC(=O)CC1(O)CCCN(C(=O)C2CC=CC2)C1. The number of carbonyl (C=O) groups excluding carboxylic acids is 2. The van der Waals surface area contributed by atoms with Crippen LogP contribution in [0.25, 0.3) is 0 Å². The molecule has 1 aliphatic heterocycles. The van der Waals surface area contributed by atoms with Crippen LogP contribution in [0.1, 0.15) is 32.1 Å². The van der Waals surface area contributed by atoms with Crippen molar-refractivity contribution in [1.82, 2.24) is 4.90 Å². The molecule has 5 heteroatoms. The number of β-amino-alcohol motifs (C(OH)–C–C–N with tert-alkyl or cyclic N) is 1. The Bertz CT molecular complexity index is 372. The van der Waals surface area contributed by atoms with E-state index in [0.29, 0.717) is 13.0 Å². The molecule has 1 fully saturated rings. The summed E-state index contributed by atoms with van der Waals surface area (Å²) >= 11 is 0. The Balaban J connectivity index is 1.97. The summed E-state index contributed by atoms with van der Waals surface area (Å²) in [6.45, 7) is 0.891. The summed E-state index contributed by atoms with van der Waals surface area (Å²) in [7, 11) is 0. The highest BCUT2D eigenvalue weighted by atomic mass is 16.3.